The average Bonchev–Trinajstić information content (AvgIpc) is 3.23. The van der Waals surface area contributed by atoms with E-state index in [-0.39, 0.29) is 11.5 Å². The van der Waals surface area contributed by atoms with Crippen LogP contribution in [0.4, 0.5) is 0 Å². The highest BCUT2D eigenvalue weighted by Crippen LogP contribution is 2.44. The van der Waals surface area contributed by atoms with E-state index in [0.717, 1.165) is 38.9 Å². The van der Waals surface area contributed by atoms with Crippen LogP contribution in [0.5, 0.6) is 5.88 Å². The number of H-pyrrole nitrogens is 2. The first-order valence-electron chi connectivity index (χ1n) is 11.3. The smallest absolute Gasteiger partial charge is 0.258 e. The molecule has 3 aromatic carbocycles. The van der Waals surface area contributed by atoms with Gasteiger partial charge in [-0.3, -0.25) is 4.79 Å². The lowest BCUT2D eigenvalue weighted by Gasteiger charge is -2.24. The van der Waals surface area contributed by atoms with Crippen molar-refractivity contribution in [2.45, 2.75) is 19.8 Å². The van der Waals surface area contributed by atoms with Gasteiger partial charge in [0.1, 0.15) is 5.76 Å². The summed E-state index contributed by atoms with van der Waals surface area (Å²) in [6, 6.07) is 24.8. The largest absolute Gasteiger partial charge is 0.438 e. The predicted molar refractivity (Wildman–Crippen MR) is 135 cm³/mol. The third kappa shape index (κ3) is 3.33. The van der Waals surface area contributed by atoms with Crippen molar-refractivity contribution in [3.05, 3.63) is 123 Å². The molecule has 0 saturated heterocycles. The Morgan fingerprint density at radius 1 is 0.853 bits per heavy atom. The van der Waals surface area contributed by atoms with Crippen molar-refractivity contribution in [2.75, 3.05) is 0 Å². The van der Waals surface area contributed by atoms with Crippen molar-refractivity contribution in [3.63, 3.8) is 0 Å². The van der Waals surface area contributed by atoms with E-state index in [4.69, 9.17) is 4.74 Å². The number of ether oxygens (including phenoxy) is 1. The summed E-state index contributed by atoms with van der Waals surface area (Å²) in [5, 5.41) is 1.08. The SMILES string of the molecule is Cc1ccc(C2=CC(c3c(-c4ccccc4)[nH]c4ccc(C)cc34)c3c(nc[nH]c3=O)O2)cc1. The molecule has 5 heteroatoms. The van der Waals surface area contributed by atoms with Gasteiger partial charge in [0.15, 0.2) is 0 Å². The summed E-state index contributed by atoms with van der Waals surface area (Å²) in [5.74, 6) is 0.688. The highest BCUT2D eigenvalue weighted by atomic mass is 16.5. The van der Waals surface area contributed by atoms with Gasteiger partial charge in [0, 0.05) is 22.4 Å². The molecule has 0 bridgehead atoms. The van der Waals surface area contributed by atoms with Crippen molar-refractivity contribution < 1.29 is 4.74 Å². The molecule has 1 atom stereocenters. The minimum atomic E-state index is -0.344. The van der Waals surface area contributed by atoms with Crippen molar-refractivity contribution >= 4 is 16.7 Å². The van der Waals surface area contributed by atoms with Crippen LogP contribution in [0.25, 0.3) is 27.9 Å². The van der Waals surface area contributed by atoms with Crippen LogP contribution in [0.3, 0.4) is 0 Å². The van der Waals surface area contributed by atoms with Crippen LogP contribution in [0, 0.1) is 13.8 Å². The van der Waals surface area contributed by atoms with Gasteiger partial charge in [-0.1, -0.05) is 71.8 Å². The van der Waals surface area contributed by atoms with Gasteiger partial charge < -0.3 is 14.7 Å². The topological polar surface area (TPSA) is 70.8 Å². The number of rotatable bonds is 3. The Kier molecular flexibility index (Phi) is 4.69. The lowest BCUT2D eigenvalue weighted by atomic mass is 9.86. The number of hydrogen-bond acceptors (Lipinski definition) is 3. The van der Waals surface area contributed by atoms with E-state index in [1.807, 2.05) is 36.4 Å². The van der Waals surface area contributed by atoms with Crippen LogP contribution in [-0.2, 0) is 0 Å². The molecule has 2 N–H and O–H groups in total. The van der Waals surface area contributed by atoms with Crippen LogP contribution >= 0.6 is 0 Å². The number of aryl methyl sites for hydroxylation is 2. The Hall–Kier alpha value is -4.38. The second-order valence-corrected chi connectivity index (χ2v) is 8.76. The van der Waals surface area contributed by atoms with Crippen molar-refractivity contribution in [1.82, 2.24) is 15.0 Å². The molecule has 1 unspecified atom stereocenters. The molecule has 0 saturated carbocycles. The number of benzene rings is 3. The monoisotopic (exact) mass is 445 g/mol. The van der Waals surface area contributed by atoms with E-state index in [2.05, 4.69) is 71.3 Å². The second-order valence-electron chi connectivity index (χ2n) is 8.76. The summed E-state index contributed by atoms with van der Waals surface area (Å²) in [7, 11) is 0. The van der Waals surface area contributed by atoms with Gasteiger partial charge in [-0.15, -0.1) is 0 Å². The lowest BCUT2D eigenvalue weighted by molar-refractivity contribution is 0.467. The van der Waals surface area contributed by atoms with E-state index in [1.54, 1.807) is 0 Å². The minimum absolute atomic E-state index is 0.199. The molecule has 0 aliphatic carbocycles. The Labute approximate surface area is 196 Å². The van der Waals surface area contributed by atoms with E-state index >= 15 is 0 Å². The molecular formula is C29H23N3O2. The van der Waals surface area contributed by atoms with Gasteiger partial charge in [0.25, 0.3) is 5.56 Å². The van der Waals surface area contributed by atoms with Crippen LogP contribution in [0.15, 0.2) is 90.0 Å². The molecular weight excluding hydrogens is 422 g/mol. The van der Waals surface area contributed by atoms with Gasteiger partial charge in [-0.2, -0.15) is 0 Å². The number of hydrogen-bond donors (Lipinski definition) is 2. The van der Waals surface area contributed by atoms with E-state index in [1.165, 1.54) is 11.9 Å². The van der Waals surface area contributed by atoms with Crippen molar-refractivity contribution in [2.24, 2.45) is 0 Å². The molecule has 34 heavy (non-hydrogen) atoms. The number of aromatic amines is 2. The molecule has 2 aromatic heterocycles. The van der Waals surface area contributed by atoms with Gasteiger partial charge in [0.05, 0.1) is 17.6 Å². The summed E-state index contributed by atoms with van der Waals surface area (Å²) in [6.45, 7) is 4.14. The molecule has 1 aliphatic rings. The standard InChI is InChI=1S/C29H23N3O2/c1-17-8-11-19(12-9-17)24-15-22(26-28(33)30-16-31-29(26)34-24)25-21-14-18(2)10-13-23(21)32-27(25)20-6-4-3-5-7-20/h3-16,22,32H,1-2H3,(H,30,31,33). The molecule has 0 radical (unpaired) electrons. The summed E-state index contributed by atoms with van der Waals surface area (Å²) < 4.78 is 6.17. The van der Waals surface area contributed by atoms with Crippen LogP contribution < -0.4 is 10.3 Å². The van der Waals surface area contributed by atoms with E-state index in [0.29, 0.717) is 17.2 Å². The first-order chi connectivity index (χ1) is 16.6. The quantitative estimate of drug-likeness (QED) is 0.352. The number of fused-ring (bicyclic) bond motifs is 2. The lowest BCUT2D eigenvalue weighted by Crippen LogP contribution is -2.22. The normalized spacial score (nSPS) is 15.0. The van der Waals surface area contributed by atoms with Gasteiger partial charge in [0.2, 0.25) is 5.88 Å². The third-order valence-corrected chi connectivity index (χ3v) is 6.39. The molecule has 3 heterocycles. The minimum Gasteiger partial charge on any atom is -0.438 e. The van der Waals surface area contributed by atoms with E-state index in [9.17, 15) is 4.79 Å². The molecule has 0 amide bonds. The number of nitrogens with one attached hydrogen (secondary N) is 2. The number of aromatic nitrogens is 3. The fourth-order valence-electron chi connectivity index (χ4n) is 4.71. The maximum absolute atomic E-state index is 13.1. The zero-order chi connectivity index (χ0) is 23.2. The van der Waals surface area contributed by atoms with Crippen molar-refractivity contribution in [3.8, 4) is 17.1 Å². The average molecular weight is 446 g/mol. The molecule has 5 aromatic rings. The first kappa shape index (κ1) is 20.2. The van der Waals surface area contributed by atoms with Gasteiger partial charge in [-0.25, -0.2) is 4.98 Å². The maximum Gasteiger partial charge on any atom is 0.258 e. The Bertz CT molecular complexity index is 1610. The molecule has 5 nitrogen and oxygen atoms in total. The Morgan fingerprint density at radius 3 is 2.41 bits per heavy atom. The molecule has 1 aliphatic heterocycles. The van der Waals surface area contributed by atoms with Gasteiger partial charge in [-0.05, 0) is 43.2 Å². The Balaban J connectivity index is 1.67. The highest BCUT2D eigenvalue weighted by Gasteiger charge is 2.32. The van der Waals surface area contributed by atoms with Gasteiger partial charge >= 0.3 is 0 Å². The Morgan fingerprint density at radius 2 is 1.62 bits per heavy atom. The second kappa shape index (κ2) is 7.89. The summed E-state index contributed by atoms with van der Waals surface area (Å²) in [6.07, 6.45) is 3.44. The molecule has 6 rings (SSSR count). The van der Waals surface area contributed by atoms with Crippen LogP contribution in [0.2, 0.25) is 0 Å². The maximum atomic E-state index is 13.1. The summed E-state index contributed by atoms with van der Waals surface area (Å²) in [4.78, 5) is 23.9. The van der Waals surface area contributed by atoms with Crippen LogP contribution in [0.1, 0.15) is 33.7 Å². The zero-order valence-corrected chi connectivity index (χ0v) is 18.9. The predicted octanol–water partition coefficient (Wildman–Crippen LogP) is 6.10. The van der Waals surface area contributed by atoms with Crippen molar-refractivity contribution in [1.29, 1.82) is 0 Å². The third-order valence-electron chi connectivity index (χ3n) is 6.39. The fraction of sp³-hybridized carbons (Fsp3) is 0.103. The van der Waals surface area contributed by atoms with E-state index < -0.39 is 0 Å². The zero-order valence-electron chi connectivity index (χ0n) is 18.9. The first-order valence-corrected chi connectivity index (χ1v) is 11.3. The summed E-state index contributed by atoms with van der Waals surface area (Å²) >= 11 is 0. The number of nitrogens with zero attached hydrogens (tertiary/aromatic N) is 1. The highest BCUT2D eigenvalue weighted by molar-refractivity contribution is 5.93. The molecule has 166 valence electrons. The summed E-state index contributed by atoms with van der Waals surface area (Å²) in [5.41, 5.74) is 7.70. The molecule has 0 spiro atoms. The molecule has 0 fully saturated rings. The van der Waals surface area contributed by atoms with Crippen LogP contribution in [-0.4, -0.2) is 15.0 Å². The fourth-order valence-corrected chi connectivity index (χ4v) is 4.71. The number of allylic oxidation sites excluding steroid dienone is 1.